The van der Waals surface area contributed by atoms with E-state index in [1.165, 1.54) is 51.4 Å². The summed E-state index contributed by atoms with van der Waals surface area (Å²) in [4.78, 5) is 34.6. The standard InChI is InChI=1S/C40H71O8P/c1-4-7-9-11-13-15-17-19-20-21-23-24-26-28-30-32-34-39(41)45-36-38(37-47-49(43,44)46-6-3)48-40(42)35-33-31-29-27-25-22-18-16-14-12-10-8-5-2/h8,10,14,16,20-22,25,38H,4-7,9,11-13,15,17-19,23-24,26-37H2,1-3H3,(H,43,44)/b10-8-,16-14-,21-20-,25-22-. The van der Waals surface area contributed by atoms with E-state index in [0.717, 1.165) is 77.0 Å². The number of carbonyl (C=O) groups excluding carboxylic acids is 2. The van der Waals surface area contributed by atoms with E-state index in [9.17, 15) is 19.0 Å². The molecule has 0 aromatic carbocycles. The van der Waals surface area contributed by atoms with E-state index in [2.05, 4.69) is 62.5 Å². The smallest absolute Gasteiger partial charge is 0.462 e. The molecule has 0 saturated heterocycles. The van der Waals surface area contributed by atoms with Crippen LogP contribution in [0.4, 0.5) is 0 Å². The summed E-state index contributed by atoms with van der Waals surface area (Å²) in [6.45, 7) is 5.29. The van der Waals surface area contributed by atoms with Crippen molar-refractivity contribution in [1.29, 1.82) is 0 Å². The van der Waals surface area contributed by atoms with Gasteiger partial charge in [0.25, 0.3) is 0 Å². The van der Waals surface area contributed by atoms with Crippen molar-refractivity contribution < 1.29 is 37.6 Å². The minimum absolute atomic E-state index is 0.00817. The molecule has 284 valence electrons. The Morgan fingerprint density at radius 2 is 1.04 bits per heavy atom. The predicted octanol–water partition coefficient (Wildman–Crippen LogP) is 11.8. The van der Waals surface area contributed by atoms with E-state index in [1.54, 1.807) is 6.92 Å². The Hall–Kier alpha value is -1.99. The number of phosphoric acid groups is 1. The summed E-state index contributed by atoms with van der Waals surface area (Å²) in [5.74, 6) is -0.845. The molecule has 2 unspecified atom stereocenters. The average Bonchev–Trinajstić information content (AvgIpc) is 3.07. The van der Waals surface area contributed by atoms with Gasteiger partial charge in [-0.3, -0.25) is 18.6 Å². The zero-order valence-electron chi connectivity index (χ0n) is 31.3. The molecule has 8 nitrogen and oxygen atoms in total. The number of hydrogen-bond donors (Lipinski definition) is 1. The quantitative estimate of drug-likeness (QED) is 0.0300. The Kier molecular flexibility index (Phi) is 34.4. The molecule has 0 fully saturated rings. The number of phosphoric ester groups is 1. The zero-order valence-corrected chi connectivity index (χ0v) is 32.2. The molecular weight excluding hydrogens is 639 g/mol. The number of esters is 2. The van der Waals surface area contributed by atoms with E-state index in [-0.39, 0.29) is 32.0 Å². The van der Waals surface area contributed by atoms with Gasteiger partial charge in [0.2, 0.25) is 0 Å². The summed E-state index contributed by atoms with van der Waals surface area (Å²) in [5, 5.41) is 0. The van der Waals surface area contributed by atoms with E-state index < -0.39 is 26.5 Å². The van der Waals surface area contributed by atoms with Crippen LogP contribution in [0.5, 0.6) is 0 Å². The van der Waals surface area contributed by atoms with Crippen molar-refractivity contribution in [3.05, 3.63) is 48.6 Å². The second-order valence-corrected chi connectivity index (χ2v) is 14.0. The molecule has 0 radical (unpaired) electrons. The number of hydrogen-bond acceptors (Lipinski definition) is 7. The predicted molar refractivity (Wildman–Crippen MR) is 202 cm³/mol. The van der Waals surface area contributed by atoms with Gasteiger partial charge in [-0.25, -0.2) is 4.57 Å². The van der Waals surface area contributed by atoms with Gasteiger partial charge in [-0.05, 0) is 77.6 Å². The van der Waals surface area contributed by atoms with Crippen LogP contribution in [0, 0.1) is 0 Å². The van der Waals surface area contributed by atoms with Crippen molar-refractivity contribution in [2.75, 3.05) is 19.8 Å². The van der Waals surface area contributed by atoms with Crippen LogP contribution in [0.1, 0.15) is 168 Å². The second-order valence-electron chi connectivity index (χ2n) is 12.6. The number of unbranched alkanes of at least 4 members (excludes halogenated alkanes) is 15. The number of rotatable bonds is 35. The fourth-order valence-corrected chi connectivity index (χ4v) is 5.80. The summed E-state index contributed by atoms with van der Waals surface area (Å²) >= 11 is 0. The first kappa shape index (κ1) is 47.0. The van der Waals surface area contributed by atoms with Crippen molar-refractivity contribution in [2.24, 2.45) is 0 Å². The van der Waals surface area contributed by atoms with Gasteiger partial charge in [-0.2, -0.15) is 0 Å². The number of ether oxygens (including phenoxy) is 2. The van der Waals surface area contributed by atoms with Gasteiger partial charge in [0.05, 0.1) is 13.2 Å². The molecule has 0 aromatic rings. The van der Waals surface area contributed by atoms with Crippen molar-refractivity contribution in [1.82, 2.24) is 0 Å². The van der Waals surface area contributed by atoms with Gasteiger partial charge in [-0.15, -0.1) is 0 Å². The van der Waals surface area contributed by atoms with Gasteiger partial charge in [0, 0.05) is 12.8 Å². The topological polar surface area (TPSA) is 108 Å². The fraction of sp³-hybridized carbons (Fsp3) is 0.750. The summed E-state index contributed by atoms with van der Waals surface area (Å²) in [7, 11) is -4.29. The minimum Gasteiger partial charge on any atom is -0.462 e. The third kappa shape index (κ3) is 35.6. The van der Waals surface area contributed by atoms with Gasteiger partial charge < -0.3 is 14.4 Å². The van der Waals surface area contributed by atoms with E-state index in [1.807, 2.05) is 0 Å². The molecule has 49 heavy (non-hydrogen) atoms. The van der Waals surface area contributed by atoms with Crippen LogP contribution in [0.15, 0.2) is 48.6 Å². The first-order chi connectivity index (χ1) is 23.8. The minimum atomic E-state index is -4.29. The highest BCUT2D eigenvalue weighted by Gasteiger charge is 2.25. The zero-order chi connectivity index (χ0) is 36.1. The molecule has 0 aromatic heterocycles. The lowest BCUT2D eigenvalue weighted by Crippen LogP contribution is -2.29. The molecule has 0 saturated carbocycles. The Morgan fingerprint density at radius 1 is 0.571 bits per heavy atom. The fourth-order valence-electron chi connectivity index (χ4n) is 5.05. The highest BCUT2D eigenvalue weighted by atomic mass is 31.2. The van der Waals surface area contributed by atoms with Gasteiger partial charge >= 0.3 is 19.8 Å². The Morgan fingerprint density at radius 3 is 1.61 bits per heavy atom. The Bertz CT molecular complexity index is 943. The molecular formula is C40H71O8P. The second kappa shape index (κ2) is 35.8. The van der Waals surface area contributed by atoms with Crippen LogP contribution in [0.25, 0.3) is 0 Å². The molecule has 1 N–H and O–H groups in total. The highest BCUT2D eigenvalue weighted by molar-refractivity contribution is 7.47. The Labute approximate surface area is 299 Å². The molecule has 0 spiro atoms. The third-order valence-electron chi connectivity index (χ3n) is 7.87. The van der Waals surface area contributed by atoms with Crippen LogP contribution in [-0.2, 0) is 32.7 Å². The maximum atomic E-state index is 12.5. The van der Waals surface area contributed by atoms with Gasteiger partial charge in [-0.1, -0.05) is 127 Å². The largest absolute Gasteiger partial charge is 0.472 e. The van der Waals surface area contributed by atoms with Crippen molar-refractivity contribution in [3.8, 4) is 0 Å². The van der Waals surface area contributed by atoms with Crippen LogP contribution < -0.4 is 0 Å². The first-order valence-electron chi connectivity index (χ1n) is 19.4. The normalized spacial score (nSPS) is 14.0. The van der Waals surface area contributed by atoms with Crippen LogP contribution >= 0.6 is 7.82 Å². The molecule has 0 aliphatic carbocycles. The lowest BCUT2D eigenvalue weighted by molar-refractivity contribution is -0.161. The van der Waals surface area contributed by atoms with Gasteiger partial charge in [0.15, 0.2) is 6.10 Å². The van der Waals surface area contributed by atoms with Crippen LogP contribution in [0.3, 0.4) is 0 Å². The maximum absolute atomic E-state index is 12.5. The lowest BCUT2D eigenvalue weighted by Gasteiger charge is -2.19. The summed E-state index contributed by atoms with van der Waals surface area (Å²) in [5.41, 5.74) is 0. The van der Waals surface area contributed by atoms with E-state index in [0.29, 0.717) is 6.42 Å². The molecule has 0 amide bonds. The Balaban J connectivity index is 4.19. The first-order valence-corrected chi connectivity index (χ1v) is 20.9. The van der Waals surface area contributed by atoms with Crippen LogP contribution in [-0.4, -0.2) is 42.8 Å². The van der Waals surface area contributed by atoms with Crippen molar-refractivity contribution in [2.45, 2.75) is 175 Å². The highest BCUT2D eigenvalue weighted by Crippen LogP contribution is 2.43. The molecule has 0 heterocycles. The SMILES string of the molecule is CC/C=C\C/C=C\C/C=C\CCCCCC(=O)OC(COC(=O)CCCCCCC/C=C\CCCCCCCCC)COP(=O)(O)OCC. The molecule has 2 atom stereocenters. The number of allylic oxidation sites excluding steroid dienone is 8. The van der Waals surface area contributed by atoms with Crippen molar-refractivity contribution >= 4 is 19.8 Å². The molecule has 0 rings (SSSR count). The average molecular weight is 711 g/mol. The maximum Gasteiger partial charge on any atom is 0.472 e. The molecule has 0 bridgehead atoms. The molecule has 0 aliphatic heterocycles. The van der Waals surface area contributed by atoms with Crippen LogP contribution in [0.2, 0.25) is 0 Å². The van der Waals surface area contributed by atoms with E-state index in [4.69, 9.17) is 18.5 Å². The third-order valence-corrected chi connectivity index (χ3v) is 8.93. The van der Waals surface area contributed by atoms with Crippen molar-refractivity contribution in [3.63, 3.8) is 0 Å². The lowest BCUT2D eigenvalue weighted by atomic mass is 10.1. The summed E-state index contributed by atoms with van der Waals surface area (Å²) in [6, 6.07) is 0. The molecule has 0 aliphatic rings. The summed E-state index contributed by atoms with van der Waals surface area (Å²) < 4.78 is 32.5. The molecule has 9 heteroatoms. The summed E-state index contributed by atoms with van der Waals surface area (Å²) in [6.07, 6.45) is 40.2. The number of carbonyl (C=O) groups is 2. The van der Waals surface area contributed by atoms with E-state index >= 15 is 0 Å². The van der Waals surface area contributed by atoms with Gasteiger partial charge in [0.1, 0.15) is 6.61 Å². The monoisotopic (exact) mass is 710 g/mol.